The van der Waals surface area contributed by atoms with Gasteiger partial charge in [0.25, 0.3) is 10.2 Å². The van der Waals surface area contributed by atoms with E-state index < -0.39 is 10.2 Å². The van der Waals surface area contributed by atoms with E-state index in [1.807, 2.05) is 7.05 Å². The lowest BCUT2D eigenvalue weighted by Crippen LogP contribution is -2.47. The summed E-state index contributed by atoms with van der Waals surface area (Å²) in [6, 6.07) is 1.72. The lowest BCUT2D eigenvalue weighted by atomic mass is 10.00. The third-order valence-corrected chi connectivity index (χ3v) is 4.94. The third-order valence-electron chi connectivity index (χ3n) is 3.42. The lowest BCUT2D eigenvalue weighted by molar-refractivity contribution is 0.260. The molecule has 1 atom stereocenters. The van der Waals surface area contributed by atoms with Gasteiger partial charge in [-0.1, -0.05) is 5.16 Å². The largest absolute Gasteiger partial charge is 0.360 e. The number of hydrogen-bond donors (Lipinski definition) is 2. The molecule has 7 nitrogen and oxygen atoms in total. The van der Waals surface area contributed by atoms with Crippen LogP contribution in [0.4, 0.5) is 0 Å². The number of aryl methyl sites for hydroxylation is 1. The van der Waals surface area contributed by atoms with Gasteiger partial charge in [-0.2, -0.15) is 17.4 Å². The van der Waals surface area contributed by atoms with Gasteiger partial charge in [-0.15, -0.1) is 0 Å². The van der Waals surface area contributed by atoms with Crippen LogP contribution in [0.2, 0.25) is 0 Å². The predicted octanol–water partition coefficient (Wildman–Crippen LogP) is 0.249. The van der Waals surface area contributed by atoms with E-state index in [9.17, 15) is 8.42 Å². The maximum atomic E-state index is 12.2. The molecule has 1 aromatic heterocycles. The molecule has 0 aliphatic carbocycles. The first-order valence-electron chi connectivity index (χ1n) is 6.83. The lowest BCUT2D eigenvalue weighted by Gasteiger charge is -2.31. The highest BCUT2D eigenvalue weighted by atomic mass is 32.2. The second kappa shape index (κ2) is 6.66. The molecule has 2 N–H and O–H groups in total. The smallest absolute Gasteiger partial charge is 0.279 e. The van der Waals surface area contributed by atoms with Gasteiger partial charge in [0.15, 0.2) is 5.76 Å². The van der Waals surface area contributed by atoms with Crippen LogP contribution in [0.1, 0.15) is 24.3 Å². The van der Waals surface area contributed by atoms with E-state index in [2.05, 4.69) is 15.2 Å². The molecule has 114 valence electrons. The van der Waals surface area contributed by atoms with Crippen LogP contribution < -0.4 is 10.0 Å². The van der Waals surface area contributed by atoms with Crippen LogP contribution in [0, 0.1) is 12.8 Å². The molecule has 0 saturated carbocycles. The van der Waals surface area contributed by atoms with E-state index in [4.69, 9.17) is 4.52 Å². The quantitative estimate of drug-likeness (QED) is 0.786. The molecule has 0 aromatic carbocycles. The summed E-state index contributed by atoms with van der Waals surface area (Å²) in [5, 5.41) is 6.84. The van der Waals surface area contributed by atoms with E-state index in [0.29, 0.717) is 24.8 Å². The molecule has 1 aliphatic rings. The number of nitrogens with zero attached hydrogens (tertiary/aromatic N) is 2. The number of aromatic nitrogens is 1. The van der Waals surface area contributed by atoms with E-state index in [1.165, 1.54) is 4.31 Å². The predicted molar refractivity (Wildman–Crippen MR) is 75.2 cm³/mol. The van der Waals surface area contributed by atoms with Crippen LogP contribution in [0.25, 0.3) is 0 Å². The normalized spacial score (nSPS) is 21.2. The Kier molecular flexibility index (Phi) is 5.14. The molecule has 1 saturated heterocycles. The van der Waals surface area contributed by atoms with E-state index >= 15 is 0 Å². The maximum Gasteiger partial charge on any atom is 0.279 e. The van der Waals surface area contributed by atoms with E-state index in [0.717, 1.165) is 25.1 Å². The van der Waals surface area contributed by atoms with Crippen molar-refractivity contribution in [2.24, 2.45) is 5.92 Å². The van der Waals surface area contributed by atoms with Crippen molar-refractivity contribution in [1.82, 2.24) is 19.5 Å². The molecule has 2 heterocycles. The minimum absolute atomic E-state index is 0.135. The van der Waals surface area contributed by atoms with Crippen molar-refractivity contribution < 1.29 is 12.9 Å². The van der Waals surface area contributed by atoms with Gasteiger partial charge in [0.05, 0.1) is 12.2 Å². The Bertz CT molecular complexity index is 527. The van der Waals surface area contributed by atoms with Crippen molar-refractivity contribution >= 4 is 10.2 Å². The minimum atomic E-state index is -3.46. The molecule has 0 radical (unpaired) electrons. The number of piperidine rings is 1. The average Bonchev–Trinajstić information content (AvgIpc) is 2.83. The van der Waals surface area contributed by atoms with Gasteiger partial charge in [0, 0.05) is 19.2 Å². The molecule has 0 spiro atoms. The first-order chi connectivity index (χ1) is 9.51. The second-order valence-electron chi connectivity index (χ2n) is 5.18. The van der Waals surface area contributed by atoms with Gasteiger partial charge in [-0.25, -0.2) is 0 Å². The van der Waals surface area contributed by atoms with Crippen LogP contribution in [0.15, 0.2) is 10.6 Å². The minimum Gasteiger partial charge on any atom is -0.360 e. The Labute approximate surface area is 119 Å². The van der Waals surface area contributed by atoms with E-state index in [1.54, 1.807) is 13.0 Å². The highest BCUT2D eigenvalue weighted by Crippen LogP contribution is 2.18. The Morgan fingerprint density at radius 3 is 3.00 bits per heavy atom. The Balaban J connectivity index is 1.92. The molecule has 1 fully saturated rings. The van der Waals surface area contributed by atoms with Crippen molar-refractivity contribution in [2.75, 3.05) is 26.7 Å². The van der Waals surface area contributed by atoms with Crippen molar-refractivity contribution in [3.8, 4) is 0 Å². The molecule has 0 bridgehead atoms. The standard InChI is InChI=1S/C12H22N4O3S/c1-10-6-12(19-15-10)8-14-20(17,18)16-5-3-4-11(9-16)7-13-2/h6,11,13-14H,3-5,7-9H2,1-2H3. The summed E-state index contributed by atoms with van der Waals surface area (Å²) in [6.45, 7) is 3.91. The zero-order valence-corrected chi connectivity index (χ0v) is 12.7. The zero-order chi connectivity index (χ0) is 14.6. The molecule has 8 heteroatoms. The van der Waals surface area contributed by atoms with Gasteiger partial charge in [0.2, 0.25) is 0 Å². The Morgan fingerprint density at radius 2 is 2.35 bits per heavy atom. The fraction of sp³-hybridized carbons (Fsp3) is 0.750. The van der Waals surface area contributed by atoms with Gasteiger partial charge in [-0.3, -0.25) is 0 Å². The van der Waals surface area contributed by atoms with Gasteiger partial charge < -0.3 is 9.84 Å². The summed E-state index contributed by atoms with van der Waals surface area (Å²) in [6.07, 6.45) is 1.96. The van der Waals surface area contributed by atoms with Crippen molar-refractivity contribution in [1.29, 1.82) is 0 Å². The SMILES string of the molecule is CNCC1CCCN(S(=O)(=O)NCc2cc(C)no2)C1. The van der Waals surface area contributed by atoms with Gasteiger partial charge >= 0.3 is 0 Å². The third kappa shape index (κ3) is 4.02. The fourth-order valence-corrected chi connectivity index (χ4v) is 3.74. The zero-order valence-electron chi connectivity index (χ0n) is 11.9. The van der Waals surface area contributed by atoms with Crippen molar-refractivity contribution in [2.45, 2.75) is 26.3 Å². The highest BCUT2D eigenvalue weighted by molar-refractivity contribution is 7.87. The molecule has 1 aromatic rings. The topological polar surface area (TPSA) is 87.5 Å². The summed E-state index contributed by atoms with van der Waals surface area (Å²) < 4.78 is 33.6. The molecule has 2 rings (SSSR count). The molecular weight excluding hydrogens is 280 g/mol. The van der Waals surface area contributed by atoms with Crippen LogP contribution in [0.3, 0.4) is 0 Å². The van der Waals surface area contributed by atoms with Crippen molar-refractivity contribution in [3.63, 3.8) is 0 Å². The molecule has 1 aliphatic heterocycles. The Morgan fingerprint density at radius 1 is 1.55 bits per heavy atom. The number of rotatable bonds is 6. The summed E-state index contributed by atoms with van der Waals surface area (Å²) in [5.74, 6) is 0.896. The molecule has 1 unspecified atom stereocenters. The monoisotopic (exact) mass is 302 g/mol. The van der Waals surface area contributed by atoms with Crippen LogP contribution in [0.5, 0.6) is 0 Å². The summed E-state index contributed by atoms with van der Waals surface area (Å²) in [7, 11) is -1.57. The first-order valence-corrected chi connectivity index (χ1v) is 8.27. The molecule has 20 heavy (non-hydrogen) atoms. The number of hydrogen-bond acceptors (Lipinski definition) is 5. The first kappa shape index (κ1) is 15.4. The molecule has 0 amide bonds. The maximum absolute atomic E-state index is 12.2. The van der Waals surface area contributed by atoms with E-state index in [-0.39, 0.29) is 6.54 Å². The summed E-state index contributed by atoms with van der Waals surface area (Å²) in [5.41, 5.74) is 0.742. The fourth-order valence-electron chi connectivity index (χ4n) is 2.45. The van der Waals surface area contributed by atoms with Crippen LogP contribution >= 0.6 is 0 Å². The van der Waals surface area contributed by atoms with Crippen LogP contribution in [-0.4, -0.2) is 44.6 Å². The Hall–Kier alpha value is -0.960. The average molecular weight is 302 g/mol. The number of nitrogens with one attached hydrogen (secondary N) is 2. The van der Waals surface area contributed by atoms with Gasteiger partial charge in [0.1, 0.15) is 0 Å². The highest BCUT2D eigenvalue weighted by Gasteiger charge is 2.28. The van der Waals surface area contributed by atoms with Crippen LogP contribution in [-0.2, 0) is 16.8 Å². The molecular formula is C12H22N4O3S. The summed E-state index contributed by atoms with van der Waals surface area (Å²) >= 11 is 0. The second-order valence-corrected chi connectivity index (χ2v) is 6.94. The van der Waals surface area contributed by atoms with Crippen molar-refractivity contribution in [3.05, 3.63) is 17.5 Å². The van der Waals surface area contributed by atoms with Gasteiger partial charge in [-0.05, 0) is 39.3 Å². The summed E-state index contributed by atoms with van der Waals surface area (Å²) in [4.78, 5) is 0.